The van der Waals surface area contributed by atoms with Crippen LogP contribution in [0.15, 0.2) is 200 Å². The molecule has 2 spiro atoms. The van der Waals surface area contributed by atoms with Crippen molar-refractivity contribution in [3.63, 3.8) is 0 Å². The summed E-state index contributed by atoms with van der Waals surface area (Å²) in [6, 6.07) is 75.0. The van der Waals surface area contributed by atoms with Gasteiger partial charge in [-0.15, -0.1) is 0 Å². The van der Waals surface area contributed by atoms with Gasteiger partial charge < -0.3 is 9.64 Å². The zero-order chi connectivity index (χ0) is 36.6. The molecule has 260 valence electrons. The summed E-state index contributed by atoms with van der Waals surface area (Å²) in [5, 5.41) is 8.41. The average molecular weight is 728 g/mol. The largest absolute Gasteiger partial charge is 0.457 e. The van der Waals surface area contributed by atoms with Crippen LogP contribution in [-0.2, 0) is 5.41 Å². The molecule has 13 rings (SSSR count). The highest BCUT2D eigenvalue weighted by Crippen LogP contribution is 2.64. The van der Waals surface area contributed by atoms with Crippen molar-refractivity contribution < 1.29 is 4.74 Å². The Hall–Kier alpha value is -6.94. The van der Waals surface area contributed by atoms with Crippen molar-refractivity contribution in [2.45, 2.75) is 5.41 Å². The smallest absolute Gasteiger partial charge is 0.182 e. The van der Waals surface area contributed by atoms with Gasteiger partial charge in [0.05, 0.1) is 16.8 Å². The van der Waals surface area contributed by atoms with E-state index < -0.39 is 13.5 Å². The van der Waals surface area contributed by atoms with Crippen molar-refractivity contribution in [2.75, 3.05) is 4.90 Å². The van der Waals surface area contributed by atoms with Gasteiger partial charge in [0.1, 0.15) is 11.5 Å². The Morgan fingerprint density at radius 2 is 0.911 bits per heavy atom. The Labute approximate surface area is 326 Å². The number of nitrogens with zero attached hydrogens (tertiary/aromatic N) is 1. The van der Waals surface area contributed by atoms with Crippen LogP contribution in [-0.4, -0.2) is 8.07 Å². The van der Waals surface area contributed by atoms with E-state index in [0.717, 1.165) is 11.5 Å². The first-order valence-corrected chi connectivity index (χ1v) is 21.5. The molecule has 9 aromatic carbocycles. The fourth-order valence-corrected chi connectivity index (χ4v) is 16.8. The minimum absolute atomic E-state index is 0.624. The van der Waals surface area contributed by atoms with Crippen LogP contribution in [0.5, 0.6) is 11.5 Å². The molecular formula is C53H33NOSi. The second-order valence-corrected chi connectivity index (χ2v) is 19.1. The molecule has 0 amide bonds. The maximum absolute atomic E-state index is 6.74. The minimum atomic E-state index is -2.65. The number of hydrogen-bond acceptors (Lipinski definition) is 2. The molecule has 4 heterocycles. The lowest BCUT2D eigenvalue weighted by atomic mass is 9.60. The molecule has 4 aliphatic heterocycles. The van der Waals surface area contributed by atoms with E-state index in [2.05, 4.69) is 205 Å². The highest BCUT2D eigenvalue weighted by atomic mass is 28.3. The summed E-state index contributed by atoms with van der Waals surface area (Å²) in [5.41, 5.74) is 13.3. The topological polar surface area (TPSA) is 12.5 Å². The molecule has 0 bridgehead atoms. The van der Waals surface area contributed by atoms with Gasteiger partial charge in [0.15, 0.2) is 8.07 Å². The van der Waals surface area contributed by atoms with Crippen LogP contribution in [0.3, 0.4) is 0 Å². The highest BCUT2D eigenvalue weighted by molar-refractivity contribution is 7.24. The van der Waals surface area contributed by atoms with Gasteiger partial charge in [0, 0.05) is 22.4 Å². The molecule has 2 nitrogen and oxygen atoms in total. The van der Waals surface area contributed by atoms with Gasteiger partial charge in [0.2, 0.25) is 0 Å². The zero-order valence-corrected chi connectivity index (χ0v) is 31.4. The van der Waals surface area contributed by atoms with E-state index in [9.17, 15) is 0 Å². The Balaban J connectivity index is 1.15. The second kappa shape index (κ2) is 10.8. The van der Waals surface area contributed by atoms with Gasteiger partial charge in [-0.05, 0) is 95.7 Å². The molecule has 0 atom stereocenters. The van der Waals surface area contributed by atoms with Crippen LogP contribution in [0.2, 0.25) is 0 Å². The summed E-state index contributed by atoms with van der Waals surface area (Å²) in [6.45, 7) is 0. The molecule has 56 heavy (non-hydrogen) atoms. The molecule has 0 fully saturated rings. The Kier molecular flexibility index (Phi) is 5.89. The third-order valence-electron chi connectivity index (χ3n) is 13.1. The lowest BCUT2D eigenvalue weighted by molar-refractivity contribution is 0.434. The Morgan fingerprint density at radius 3 is 1.57 bits per heavy atom. The number of ether oxygens (including phenoxy) is 1. The fraction of sp³-hybridized carbons (Fsp3) is 0.0189. The van der Waals surface area contributed by atoms with E-state index in [1.54, 1.807) is 0 Å². The van der Waals surface area contributed by atoms with Gasteiger partial charge in [-0.25, -0.2) is 0 Å². The maximum atomic E-state index is 6.74. The number of hydrogen-bond donors (Lipinski definition) is 0. The number of rotatable bonds is 1. The molecule has 4 aliphatic rings. The zero-order valence-electron chi connectivity index (χ0n) is 30.4. The molecule has 0 unspecified atom stereocenters. The van der Waals surface area contributed by atoms with E-state index in [1.165, 1.54) is 93.1 Å². The van der Waals surface area contributed by atoms with Crippen molar-refractivity contribution in [1.29, 1.82) is 0 Å². The van der Waals surface area contributed by atoms with Crippen molar-refractivity contribution in [2.24, 2.45) is 0 Å². The molecule has 0 radical (unpaired) electrons. The van der Waals surface area contributed by atoms with Crippen molar-refractivity contribution >= 4 is 56.7 Å². The van der Waals surface area contributed by atoms with E-state index >= 15 is 0 Å². The molecular weight excluding hydrogens is 695 g/mol. The summed E-state index contributed by atoms with van der Waals surface area (Å²) in [7, 11) is -2.65. The molecule has 0 saturated heterocycles. The number of benzene rings is 9. The first-order chi connectivity index (χ1) is 27.8. The molecule has 0 aromatic heterocycles. The number of para-hydroxylation sites is 3. The monoisotopic (exact) mass is 727 g/mol. The highest BCUT2D eigenvalue weighted by Gasteiger charge is 2.55. The summed E-state index contributed by atoms with van der Waals surface area (Å²) >= 11 is 0. The van der Waals surface area contributed by atoms with Gasteiger partial charge in [-0.2, -0.15) is 0 Å². The molecule has 0 N–H and O–H groups in total. The van der Waals surface area contributed by atoms with Crippen LogP contribution in [0.4, 0.5) is 17.1 Å². The molecule has 9 aromatic rings. The minimum Gasteiger partial charge on any atom is -0.457 e. The fourth-order valence-electron chi connectivity index (χ4n) is 11.1. The third kappa shape index (κ3) is 3.53. The predicted octanol–water partition coefficient (Wildman–Crippen LogP) is 10.4. The number of anilines is 3. The lowest BCUT2D eigenvalue weighted by Crippen LogP contribution is -2.70. The van der Waals surface area contributed by atoms with Crippen molar-refractivity contribution in [3.05, 3.63) is 222 Å². The van der Waals surface area contributed by atoms with Gasteiger partial charge in [-0.1, -0.05) is 164 Å². The average Bonchev–Trinajstić information content (AvgIpc) is 3.73. The standard InChI is InChI=1S/C53H33NOSi/c1-2-16-36-34(15-1)29-32-45-52(36)53(42-21-7-10-24-46(42)55-47-25-11-8-22-43(47)53)41-20-6-9-23-44(41)54(45)35-30-31-40-39-19-5-14-28-50(39)56(51(40)33-35)48-26-12-3-17-37(48)38-18-4-13-27-49(38)56/h1-33H. The van der Waals surface area contributed by atoms with Crippen LogP contribution >= 0.6 is 0 Å². The van der Waals surface area contributed by atoms with Crippen LogP contribution in [0.1, 0.15) is 22.3 Å². The van der Waals surface area contributed by atoms with Gasteiger partial charge in [-0.3, -0.25) is 0 Å². The Bertz CT molecular complexity index is 3050. The van der Waals surface area contributed by atoms with E-state index in [-0.39, 0.29) is 0 Å². The third-order valence-corrected chi connectivity index (χ3v) is 18.1. The van der Waals surface area contributed by atoms with E-state index in [4.69, 9.17) is 4.74 Å². The maximum Gasteiger partial charge on any atom is 0.182 e. The molecule has 3 heteroatoms. The van der Waals surface area contributed by atoms with E-state index in [1.807, 2.05) is 0 Å². The Morgan fingerprint density at radius 1 is 0.393 bits per heavy atom. The summed E-state index contributed by atoms with van der Waals surface area (Å²) in [6.07, 6.45) is 0. The van der Waals surface area contributed by atoms with Gasteiger partial charge >= 0.3 is 0 Å². The normalized spacial score (nSPS) is 15.2. The first-order valence-electron chi connectivity index (χ1n) is 19.5. The molecule has 0 saturated carbocycles. The lowest BCUT2D eigenvalue weighted by Gasteiger charge is -2.49. The predicted molar refractivity (Wildman–Crippen MR) is 232 cm³/mol. The first kappa shape index (κ1) is 30.4. The summed E-state index contributed by atoms with van der Waals surface area (Å²) in [5.74, 6) is 1.80. The quantitative estimate of drug-likeness (QED) is 0.156. The van der Waals surface area contributed by atoms with Gasteiger partial charge in [0.25, 0.3) is 0 Å². The van der Waals surface area contributed by atoms with E-state index in [0.29, 0.717) is 0 Å². The van der Waals surface area contributed by atoms with Crippen molar-refractivity contribution in [1.82, 2.24) is 0 Å². The summed E-state index contributed by atoms with van der Waals surface area (Å²) < 4.78 is 6.74. The second-order valence-electron chi connectivity index (χ2n) is 15.5. The van der Waals surface area contributed by atoms with Crippen LogP contribution in [0, 0.1) is 0 Å². The van der Waals surface area contributed by atoms with Crippen LogP contribution in [0.25, 0.3) is 33.0 Å². The SMILES string of the molecule is c1ccc2c(c1)Oc1ccccc1C21c2ccccc2N(c2ccc3c(c2)[Si]2(c4ccccc4-c4ccccc42)c2ccccc2-3)c2ccc3ccccc3c21. The summed E-state index contributed by atoms with van der Waals surface area (Å²) in [4.78, 5) is 2.56. The van der Waals surface area contributed by atoms with Crippen LogP contribution < -0.4 is 30.4 Å². The van der Waals surface area contributed by atoms with Crippen molar-refractivity contribution in [3.8, 4) is 33.8 Å². The molecule has 0 aliphatic carbocycles. The number of fused-ring (bicyclic) bond motifs is 20.